The Hall–Kier alpha value is -4.75. The van der Waals surface area contributed by atoms with Crippen molar-refractivity contribution in [2.24, 2.45) is 5.92 Å². The van der Waals surface area contributed by atoms with Gasteiger partial charge in [0.2, 0.25) is 0 Å². The Morgan fingerprint density at radius 2 is 1.67 bits per heavy atom. The van der Waals surface area contributed by atoms with E-state index in [0.29, 0.717) is 23.1 Å². The van der Waals surface area contributed by atoms with Crippen molar-refractivity contribution >= 4 is 33.7 Å². The van der Waals surface area contributed by atoms with Gasteiger partial charge in [-0.05, 0) is 112 Å². The van der Waals surface area contributed by atoms with Gasteiger partial charge in [-0.1, -0.05) is 0 Å². The van der Waals surface area contributed by atoms with Gasteiger partial charge >= 0.3 is 0 Å². The number of nitrogens with one attached hydrogen (secondary N) is 2. The number of ether oxygens (including phenoxy) is 2. The van der Waals surface area contributed by atoms with Gasteiger partial charge in [0.25, 0.3) is 16.5 Å². The molecule has 45 heavy (non-hydrogen) atoms. The number of likely N-dealkylation sites (tertiary alicyclic amines) is 1. The Morgan fingerprint density at radius 1 is 1.00 bits per heavy atom. The van der Waals surface area contributed by atoms with Crippen LogP contribution in [0.4, 0.5) is 21.6 Å². The van der Waals surface area contributed by atoms with E-state index in [1.165, 1.54) is 25.6 Å². The molecule has 4 aromatic rings. The molecular formula is C32H36FN5O6S. The highest BCUT2D eigenvalue weighted by molar-refractivity contribution is 7.92. The number of sulfonamides is 1. The summed E-state index contributed by atoms with van der Waals surface area (Å²) in [6.07, 6.45) is 3.81. The van der Waals surface area contributed by atoms with Gasteiger partial charge in [0.05, 0.1) is 24.3 Å². The Bertz CT molecular complexity index is 1700. The molecule has 0 spiro atoms. The highest BCUT2D eigenvalue weighted by Crippen LogP contribution is 2.29. The molecule has 5 rings (SSSR count). The number of benzene rings is 3. The van der Waals surface area contributed by atoms with E-state index in [1.807, 2.05) is 25.1 Å². The quantitative estimate of drug-likeness (QED) is 0.189. The molecule has 1 fully saturated rings. The SMILES string of the molecule is COc1ccc(S(=O)(=O)Nc2ccc(Nc3cc(-c4ccc(OCC5CCN(C)CC5)c(C)c4)ncn3)cc2)cc1F.O=CO. The maximum Gasteiger partial charge on any atom is 0.290 e. The van der Waals surface area contributed by atoms with Crippen LogP contribution in [0.3, 0.4) is 0 Å². The minimum absolute atomic E-state index is 0.0308. The van der Waals surface area contributed by atoms with Gasteiger partial charge in [0, 0.05) is 23.0 Å². The molecule has 3 aromatic carbocycles. The van der Waals surface area contributed by atoms with Crippen molar-refractivity contribution in [1.29, 1.82) is 0 Å². The number of nitrogens with zero attached hydrogens (tertiary/aromatic N) is 3. The summed E-state index contributed by atoms with van der Waals surface area (Å²) < 4.78 is 52.9. The van der Waals surface area contributed by atoms with E-state index >= 15 is 0 Å². The first kappa shape index (κ1) is 33.1. The van der Waals surface area contributed by atoms with Crippen molar-refractivity contribution < 1.29 is 32.2 Å². The predicted octanol–water partition coefficient (Wildman–Crippen LogP) is 5.57. The van der Waals surface area contributed by atoms with E-state index in [2.05, 4.69) is 38.0 Å². The predicted molar refractivity (Wildman–Crippen MR) is 170 cm³/mol. The molecule has 0 saturated carbocycles. The fraction of sp³-hybridized carbons (Fsp3) is 0.281. The van der Waals surface area contributed by atoms with Crippen LogP contribution in [0, 0.1) is 18.7 Å². The molecule has 0 atom stereocenters. The molecule has 11 nitrogen and oxygen atoms in total. The molecule has 0 aliphatic carbocycles. The Morgan fingerprint density at radius 3 is 2.31 bits per heavy atom. The molecule has 1 saturated heterocycles. The molecule has 0 bridgehead atoms. The van der Waals surface area contributed by atoms with E-state index in [4.69, 9.17) is 19.4 Å². The number of anilines is 3. The van der Waals surface area contributed by atoms with Crippen molar-refractivity contribution in [3.05, 3.63) is 84.4 Å². The van der Waals surface area contributed by atoms with Gasteiger partial charge in [-0.15, -0.1) is 0 Å². The third-order valence-corrected chi connectivity index (χ3v) is 8.67. The fourth-order valence-corrected chi connectivity index (χ4v) is 5.86. The third kappa shape index (κ3) is 9.13. The van der Waals surface area contributed by atoms with Gasteiger partial charge in [0.15, 0.2) is 11.6 Å². The van der Waals surface area contributed by atoms with Crippen molar-refractivity contribution in [3.63, 3.8) is 0 Å². The zero-order valence-corrected chi connectivity index (χ0v) is 26.1. The largest absolute Gasteiger partial charge is 0.494 e. The Balaban J connectivity index is 0.00000148. The summed E-state index contributed by atoms with van der Waals surface area (Å²) in [7, 11) is -0.511. The number of carboxylic acid groups (broad SMARTS) is 1. The molecule has 1 aliphatic heterocycles. The lowest BCUT2D eigenvalue weighted by Crippen LogP contribution is -2.32. The highest BCUT2D eigenvalue weighted by atomic mass is 32.2. The molecule has 3 N–H and O–H groups in total. The van der Waals surface area contributed by atoms with Crippen LogP contribution in [0.5, 0.6) is 11.5 Å². The lowest BCUT2D eigenvalue weighted by molar-refractivity contribution is -0.122. The number of hydrogen-bond donors (Lipinski definition) is 3. The minimum Gasteiger partial charge on any atom is -0.494 e. The number of halogens is 1. The maximum atomic E-state index is 14.0. The summed E-state index contributed by atoms with van der Waals surface area (Å²) in [6.45, 7) is 4.75. The number of hydrogen-bond acceptors (Lipinski definition) is 9. The molecule has 0 unspecified atom stereocenters. The van der Waals surface area contributed by atoms with Crippen LogP contribution in [0.25, 0.3) is 11.3 Å². The lowest BCUT2D eigenvalue weighted by Gasteiger charge is -2.28. The summed E-state index contributed by atoms with van der Waals surface area (Å²) in [6, 6.07) is 18.0. The smallest absolute Gasteiger partial charge is 0.290 e. The van der Waals surface area contributed by atoms with E-state index in [9.17, 15) is 12.8 Å². The van der Waals surface area contributed by atoms with Crippen molar-refractivity contribution in [2.75, 3.05) is 43.9 Å². The normalized spacial score (nSPS) is 13.7. The molecule has 13 heteroatoms. The van der Waals surface area contributed by atoms with Crippen molar-refractivity contribution in [2.45, 2.75) is 24.7 Å². The number of carbonyl (C=O) groups is 1. The van der Waals surface area contributed by atoms with Crippen LogP contribution >= 0.6 is 0 Å². The van der Waals surface area contributed by atoms with Gasteiger partial charge < -0.3 is 24.8 Å². The number of aryl methyl sites for hydroxylation is 1. The van der Waals surface area contributed by atoms with E-state index < -0.39 is 15.8 Å². The highest BCUT2D eigenvalue weighted by Gasteiger charge is 2.18. The summed E-state index contributed by atoms with van der Waals surface area (Å²) in [5, 5.41) is 10.1. The first-order valence-electron chi connectivity index (χ1n) is 14.2. The molecule has 0 amide bonds. The first-order valence-corrected chi connectivity index (χ1v) is 15.7. The van der Waals surface area contributed by atoms with Gasteiger partial charge in [-0.25, -0.2) is 22.8 Å². The average Bonchev–Trinajstić information content (AvgIpc) is 3.02. The summed E-state index contributed by atoms with van der Waals surface area (Å²) in [5.41, 5.74) is 3.78. The number of methoxy groups -OCH3 is 1. The fourth-order valence-electron chi connectivity index (χ4n) is 4.79. The van der Waals surface area contributed by atoms with Crippen LogP contribution in [0.15, 0.2) is 78.0 Å². The second-order valence-corrected chi connectivity index (χ2v) is 12.2. The first-order chi connectivity index (χ1) is 21.6. The second-order valence-electron chi connectivity index (χ2n) is 10.5. The van der Waals surface area contributed by atoms with Crippen LogP contribution in [0.1, 0.15) is 18.4 Å². The van der Waals surface area contributed by atoms with E-state index in [-0.39, 0.29) is 17.1 Å². The summed E-state index contributed by atoms with van der Waals surface area (Å²) >= 11 is 0. The number of aromatic nitrogens is 2. The van der Waals surface area contributed by atoms with Crippen LogP contribution in [-0.4, -0.2) is 68.7 Å². The van der Waals surface area contributed by atoms with Gasteiger partial charge in [-0.3, -0.25) is 9.52 Å². The number of rotatable bonds is 10. The van der Waals surface area contributed by atoms with Gasteiger partial charge in [0.1, 0.15) is 17.9 Å². The molecule has 1 aromatic heterocycles. The minimum atomic E-state index is -3.98. The van der Waals surface area contributed by atoms with Crippen molar-refractivity contribution in [1.82, 2.24) is 14.9 Å². The Kier molecular flexibility index (Phi) is 11.3. The molecule has 2 heterocycles. The number of piperidine rings is 1. The van der Waals surface area contributed by atoms with Crippen LogP contribution < -0.4 is 19.5 Å². The molecular weight excluding hydrogens is 601 g/mol. The average molecular weight is 638 g/mol. The summed E-state index contributed by atoms with van der Waals surface area (Å²) in [4.78, 5) is 19.3. The second kappa shape index (κ2) is 15.3. The van der Waals surface area contributed by atoms with Gasteiger partial charge in [-0.2, -0.15) is 0 Å². The van der Waals surface area contributed by atoms with Crippen LogP contribution in [-0.2, 0) is 14.8 Å². The standard InChI is InChI=1S/C31H34FN5O4S.CH2O2/c1-21-16-23(4-10-29(21)41-19-22-12-14-37(2)15-13-22)28-18-31(34-20-33-28)35-24-5-7-25(8-6-24)36-42(38,39)26-9-11-30(40-3)27(32)17-26;2-1-3/h4-11,16-18,20,22,36H,12-15,19H2,1-3H3,(H,33,34,35);1H,(H,2,3). The monoisotopic (exact) mass is 637 g/mol. The topological polar surface area (TPSA) is 143 Å². The molecule has 0 radical (unpaired) electrons. The van der Waals surface area contributed by atoms with E-state index in [1.54, 1.807) is 24.3 Å². The van der Waals surface area contributed by atoms with Crippen molar-refractivity contribution in [3.8, 4) is 22.8 Å². The molecule has 238 valence electrons. The molecule has 1 aliphatic rings. The third-order valence-electron chi connectivity index (χ3n) is 7.29. The lowest BCUT2D eigenvalue weighted by atomic mass is 9.98. The summed E-state index contributed by atoms with van der Waals surface area (Å²) in [5.74, 6) is 1.27. The zero-order valence-electron chi connectivity index (χ0n) is 25.2. The zero-order chi connectivity index (χ0) is 32.4. The Labute approximate surface area is 262 Å². The van der Waals surface area contributed by atoms with Crippen LogP contribution in [0.2, 0.25) is 0 Å². The maximum absolute atomic E-state index is 14.0. The van der Waals surface area contributed by atoms with E-state index in [0.717, 1.165) is 61.2 Å².